The van der Waals surface area contributed by atoms with Crippen molar-refractivity contribution < 1.29 is 13.9 Å². The molecule has 10 heavy (non-hydrogen) atoms. The van der Waals surface area contributed by atoms with Crippen molar-refractivity contribution in [3.05, 3.63) is 0 Å². The van der Waals surface area contributed by atoms with Crippen molar-refractivity contribution in [1.82, 2.24) is 0 Å². The predicted octanol–water partition coefficient (Wildman–Crippen LogP) is 1.80. The molecule has 1 fully saturated rings. The summed E-state index contributed by atoms with van der Waals surface area (Å²) in [5.74, 6) is -2.22. The molecule has 1 aliphatic rings. The van der Waals surface area contributed by atoms with E-state index < -0.39 is 5.92 Å². The lowest BCUT2D eigenvalue weighted by atomic mass is 9.78. The van der Waals surface area contributed by atoms with Crippen molar-refractivity contribution in [1.29, 1.82) is 0 Å². The van der Waals surface area contributed by atoms with E-state index in [1.807, 2.05) is 0 Å². The quantitative estimate of drug-likeness (QED) is 0.650. The van der Waals surface area contributed by atoms with Crippen LogP contribution in [0.15, 0.2) is 0 Å². The average Bonchev–Trinajstić information content (AvgIpc) is 1.78. The molecule has 0 aromatic heterocycles. The molecule has 0 unspecified atom stereocenters. The first-order valence-electron chi connectivity index (χ1n) is 3.63. The van der Waals surface area contributed by atoms with Gasteiger partial charge < -0.3 is 5.11 Å². The van der Waals surface area contributed by atoms with E-state index in [4.69, 9.17) is 5.11 Å². The average molecular weight is 150 g/mol. The van der Waals surface area contributed by atoms with E-state index in [0.29, 0.717) is 6.42 Å². The molecule has 0 spiro atoms. The summed E-state index contributed by atoms with van der Waals surface area (Å²) in [5.41, 5.74) is 0. The Morgan fingerprint density at radius 2 is 2.00 bits per heavy atom. The second-order valence-corrected chi connectivity index (χ2v) is 3.00. The van der Waals surface area contributed by atoms with E-state index in [1.54, 1.807) is 0 Å². The van der Waals surface area contributed by atoms with E-state index in [1.165, 1.54) is 0 Å². The van der Waals surface area contributed by atoms with E-state index in [9.17, 15) is 8.78 Å². The van der Waals surface area contributed by atoms with Crippen molar-refractivity contribution >= 4 is 0 Å². The third-order valence-electron chi connectivity index (χ3n) is 1.95. The van der Waals surface area contributed by atoms with Crippen LogP contribution in [0.25, 0.3) is 0 Å². The SMILES string of the molecule is OCCCC1CC(F)(F)C1. The summed E-state index contributed by atoms with van der Waals surface area (Å²) in [7, 11) is 0. The Bertz CT molecular complexity index is 106. The molecule has 1 N–H and O–H groups in total. The lowest BCUT2D eigenvalue weighted by Crippen LogP contribution is -2.35. The molecular formula is C7H12F2O. The normalized spacial score (nSPS) is 24.3. The van der Waals surface area contributed by atoms with Crippen LogP contribution in [-0.2, 0) is 0 Å². The van der Waals surface area contributed by atoms with Crippen molar-refractivity contribution in [2.45, 2.75) is 31.6 Å². The number of alkyl halides is 2. The van der Waals surface area contributed by atoms with Gasteiger partial charge in [0, 0.05) is 19.4 Å². The summed E-state index contributed by atoms with van der Waals surface area (Å²) in [6, 6.07) is 0. The number of aliphatic hydroxyl groups is 1. The van der Waals surface area contributed by atoms with Gasteiger partial charge in [0.15, 0.2) is 0 Å². The monoisotopic (exact) mass is 150 g/mol. The Balaban J connectivity index is 2.03. The molecule has 0 heterocycles. The van der Waals surface area contributed by atoms with Gasteiger partial charge in [0.25, 0.3) is 0 Å². The summed E-state index contributed by atoms with van der Waals surface area (Å²) in [6.07, 6.45) is 1.49. The Morgan fingerprint density at radius 1 is 1.40 bits per heavy atom. The summed E-state index contributed by atoms with van der Waals surface area (Å²) in [4.78, 5) is 0. The minimum atomic E-state index is -2.39. The molecule has 60 valence electrons. The van der Waals surface area contributed by atoms with E-state index >= 15 is 0 Å². The molecule has 0 atom stereocenters. The van der Waals surface area contributed by atoms with Gasteiger partial charge in [-0.3, -0.25) is 0 Å². The van der Waals surface area contributed by atoms with Crippen LogP contribution in [0.5, 0.6) is 0 Å². The molecule has 1 nitrogen and oxygen atoms in total. The fourth-order valence-corrected chi connectivity index (χ4v) is 1.37. The van der Waals surface area contributed by atoms with Crippen molar-refractivity contribution in [2.75, 3.05) is 6.61 Å². The number of halogens is 2. The lowest BCUT2D eigenvalue weighted by molar-refractivity contribution is -0.112. The van der Waals surface area contributed by atoms with E-state index in [0.717, 1.165) is 6.42 Å². The smallest absolute Gasteiger partial charge is 0.248 e. The highest BCUT2D eigenvalue weighted by Crippen LogP contribution is 2.44. The van der Waals surface area contributed by atoms with Crippen LogP contribution in [0, 0.1) is 5.92 Å². The zero-order valence-electron chi connectivity index (χ0n) is 5.82. The van der Waals surface area contributed by atoms with Gasteiger partial charge in [-0.2, -0.15) is 0 Å². The maximum atomic E-state index is 12.2. The van der Waals surface area contributed by atoms with E-state index in [-0.39, 0.29) is 25.4 Å². The third-order valence-corrected chi connectivity index (χ3v) is 1.95. The van der Waals surface area contributed by atoms with Gasteiger partial charge in [-0.05, 0) is 18.8 Å². The molecule has 0 amide bonds. The molecule has 0 radical (unpaired) electrons. The fraction of sp³-hybridized carbons (Fsp3) is 1.00. The molecule has 0 bridgehead atoms. The molecule has 0 saturated heterocycles. The molecule has 0 aliphatic heterocycles. The summed E-state index contributed by atoms with van der Waals surface area (Å²) >= 11 is 0. The maximum absolute atomic E-state index is 12.2. The zero-order valence-corrected chi connectivity index (χ0v) is 5.82. The summed E-state index contributed by atoms with van der Waals surface area (Å²) < 4.78 is 24.3. The van der Waals surface area contributed by atoms with Crippen molar-refractivity contribution in [3.8, 4) is 0 Å². The van der Waals surface area contributed by atoms with Crippen LogP contribution in [0.2, 0.25) is 0 Å². The molecule has 1 aliphatic carbocycles. The Labute approximate surface area is 59.0 Å². The number of hydrogen-bond donors (Lipinski definition) is 1. The van der Waals surface area contributed by atoms with Gasteiger partial charge in [-0.1, -0.05) is 0 Å². The number of aliphatic hydroxyl groups excluding tert-OH is 1. The largest absolute Gasteiger partial charge is 0.396 e. The van der Waals surface area contributed by atoms with Crippen LogP contribution in [0.3, 0.4) is 0 Å². The first-order valence-corrected chi connectivity index (χ1v) is 3.63. The summed E-state index contributed by atoms with van der Waals surface area (Å²) in [6.45, 7) is 0.127. The Morgan fingerprint density at radius 3 is 2.40 bits per heavy atom. The lowest BCUT2D eigenvalue weighted by Gasteiger charge is -2.34. The van der Waals surface area contributed by atoms with Crippen LogP contribution < -0.4 is 0 Å². The highest BCUT2D eigenvalue weighted by Gasteiger charge is 2.44. The third kappa shape index (κ3) is 1.90. The second-order valence-electron chi connectivity index (χ2n) is 3.00. The molecule has 0 aromatic carbocycles. The standard InChI is InChI=1S/C7H12F2O/c8-7(9)4-6(5-7)2-1-3-10/h6,10H,1-5H2. The molecular weight excluding hydrogens is 138 g/mol. The van der Waals surface area contributed by atoms with Crippen LogP contribution in [-0.4, -0.2) is 17.6 Å². The fourth-order valence-electron chi connectivity index (χ4n) is 1.37. The highest BCUT2D eigenvalue weighted by molar-refractivity contribution is 4.85. The Kier molecular flexibility index (Phi) is 2.24. The summed E-state index contributed by atoms with van der Waals surface area (Å²) in [5, 5.41) is 8.38. The zero-order chi connectivity index (χ0) is 7.61. The predicted molar refractivity (Wildman–Crippen MR) is 34.0 cm³/mol. The minimum Gasteiger partial charge on any atom is -0.396 e. The van der Waals surface area contributed by atoms with Crippen molar-refractivity contribution in [3.63, 3.8) is 0 Å². The van der Waals surface area contributed by atoms with Crippen molar-refractivity contribution in [2.24, 2.45) is 5.92 Å². The van der Waals surface area contributed by atoms with Gasteiger partial charge in [0.05, 0.1) is 0 Å². The van der Waals surface area contributed by atoms with E-state index in [2.05, 4.69) is 0 Å². The minimum absolute atomic E-state index is 0.0347. The number of hydrogen-bond acceptors (Lipinski definition) is 1. The van der Waals surface area contributed by atoms with Gasteiger partial charge in [-0.25, -0.2) is 8.78 Å². The second kappa shape index (κ2) is 2.82. The van der Waals surface area contributed by atoms with Crippen LogP contribution in [0.4, 0.5) is 8.78 Å². The van der Waals surface area contributed by atoms with Gasteiger partial charge in [-0.15, -0.1) is 0 Å². The first kappa shape index (κ1) is 7.92. The first-order chi connectivity index (χ1) is 4.64. The van der Waals surface area contributed by atoms with Crippen LogP contribution in [0.1, 0.15) is 25.7 Å². The molecule has 0 aromatic rings. The maximum Gasteiger partial charge on any atom is 0.248 e. The van der Waals surface area contributed by atoms with Crippen LogP contribution >= 0.6 is 0 Å². The Hall–Kier alpha value is -0.180. The van der Waals surface area contributed by atoms with Gasteiger partial charge >= 0.3 is 0 Å². The topological polar surface area (TPSA) is 20.2 Å². The molecule has 1 rings (SSSR count). The molecule has 1 saturated carbocycles. The van der Waals surface area contributed by atoms with Gasteiger partial charge in [0.1, 0.15) is 0 Å². The molecule has 3 heteroatoms. The van der Waals surface area contributed by atoms with Gasteiger partial charge in [0.2, 0.25) is 5.92 Å². The highest BCUT2D eigenvalue weighted by atomic mass is 19.3. The number of rotatable bonds is 3.